The number of hydrogen-bond donors (Lipinski definition) is 4. The van der Waals surface area contributed by atoms with Crippen LogP contribution in [-0.2, 0) is 0 Å². The topological polar surface area (TPSA) is 72.7 Å². The van der Waals surface area contributed by atoms with Gasteiger partial charge in [0.25, 0.3) is 0 Å². The third kappa shape index (κ3) is 4.08. The van der Waals surface area contributed by atoms with Gasteiger partial charge < -0.3 is 20.6 Å². The monoisotopic (exact) mass is 225 g/mol. The van der Waals surface area contributed by atoms with Crippen LogP contribution in [0.25, 0.3) is 0 Å². The molecule has 0 aliphatic carbocycles. The van der Waals surface area contributed by atoms with Crippen LogP contribution in [0.4, 0.5) is 0 Å². The molecule has 0 aliphatic rings. The summed E-state index contributed by atoms with van der Waals surface area (Å²) >= 11 is 0. The van der Waals surface area contributed by atoms with E-state index in [4.69, 9.17) is 0 Å². The van der Waals surface area contributed by atoms with Crippen LogP contribution in [0.2, 0.25) is 0 Å². The molecule has 1 rings (SSSR count). The van der Waals surface area contributed by atoms with E-state index < -0.39 is 6.10 Å². The van der Waals surface area contributed by atoms with Crippen molar-refractivity contribution in [2.75, 3.05) is 6.54 Å². The van der Waals surface area contributed by atoms with Crippen LogP contribution < -0.4 is 5.32 Å². The zero-order valence-electron chi connectivity index (χ0n) is 9.86. The summed E-state index contributed by atoms with van der Waals surface area (Å²) in [6, 6.07) is 4.11. The lowest BCUT2D eigenvalue weighted by Gasteiger charge is -2.23. The predicted octanol–water partition coefficient (Wildman–Crippen LogP) is 1.52. The fourth-order valence-corrected chi connectivity index (χ4v) is 1.33. The summed E-state index contributed by atoms with van der Waals surface area (Å²) in [5, 5.41) is 31.6. The van der Waals surface area contributed by atoms with Crippen LogP contribution in [0.1, 0.15) is 32.4 Å². The van der Waals surface area contributed by atoms with E-state index in [1.807, 2.05) is 20.8 Å². The van der Waals surface area contributed by atoms with Crippen molar-refractivity contribution in [2.24, 2.45) is 0 Å². The van der Waals surface area contributed by atoms with Gasteiger partial charge in [-0.05, 0) is 38.5 Å². The van der Waals surface area contributed by atoms with Crippen molar-refractivity contribution >= 4 is 0 Å². The summed E-state index contributed by atoms with van der Waals surface area (Å²) in [6.45, 7) is 6.37. The van der Waals surface area contributed by atoms with Gasteiger partial charge in [-0.15, -0.1) is 0 Å². The maximum atomic E-state index is 9.85. The summed E-state index contributed by atoms with van der Waals surface area (Å²) in [6.07, 6.45) is -0.753. The number of aliphatic hydroxyl groups is 1. The molecule has 0 saturated heterocycles. The number of benzene rings is 1. The number of aliphatic hydroxyl groups excluding tert-OH is 1. The number of rotatable bonds is 3. The molecule has 1 aromatic rings. The number of β-amino-alcohol motifs (C(OH)–C–C–N with tert-alkyl or cyclic N) is 1. The average Bonchev–Trinajstić information content (AvgIpc) is 2.11. The number of aromatic hydroxyl groups is 2. The third-order valence-electron chi connectivity index (χ3n) is 2.14. The highest BCUT2D eigenvalue weighted by Crippen LogP contribution is 2.24. The normalized spacial score (nSPS) is 13.8. The highest BCUT2D eigenvalue weighted by molar-refractivity contribution is 5.37. The predicted molar refractivity (Wildman–Crippen MR) is 62.5 cm³/mol. The molecule has 0 amide bonds. The van der Waals surface area contributed by atoms with Crippen molar-refractivity contribution < 1.29 is 15.3 Å². The molecule has 0 unspecified atom stereocenters. The Balaban J connectivity index is 2.69. The molecule has 0 radical (unpaired) electrons. The lowest BCUT2D eigenvalue weighted by Crippen LogP contribution is -2.38. The van der Waals surface area contributed by atoms with Gasteiger partial charge in [0.1, 0.15) is 11.5 Å². The van der Waals surface area contributed by atoms with Gasteiger partial charge in [-0.2, -0.15) is 0 Å². The summed E-state index contributed by atoms with van der Waals surface area (Å²) in [4.78, 5) is 0. The Kier molecular flexibility index (Phi) is 3.78. The van der Waals surface area contributed by atoms with Crippen molar-refractivity contribution in [2.45, 2.75) is 32.4 Å². The van der Waals surface area contributed by atoms with Crippen LogP contribution in [-0.4, -0.2) is 27.4 Å². The van der Waals surface area contributed by atoms with E-state index in [1.54, 1.807) is 0 Å². The number of hydrogen-bond acceptors (Lipinski definition) is 4. The molecular weight excluding hydrogens is 206 g/mol. The van der Waals surface area contributed by atoms with Gasteiger partial charge in [0.2, 0.25) is 0 Å². The second-order valence-corrected chi connectivity index (χ2v) is 4.93. The van der Waals surface area contributed by atoms with Crippen molar-refractivity contribution in [3.63, 3.8) is 0 Å². The van der Waals surface area contributed by atoms with Crippen LogP contribution in [0.15, 0.2) is 18.2 Å². The third-order valence-corrected chi connectivity index (χ3v) is 2.14. The molecule has 4 N–H and O–H groups in total. The van der Waals surface area contributed by atoms with E-state index in [0.29, 0.717) is 12.1 Å². The second-order valence-electron chi connectivity index (χ2n) is 4.93. The zero-order valence-corrected chi connectivity index (χ0v) is 9.86. The number of phenols is 2. The molecule has 0 spiro atoms. The molecule has 0 saturated carbocycles. The number of phenolic OH excluding ortho intramolecular Hbond substituents is 2. The zero-order chi connectivity index (χ0) is 12.3. The van der Waals surface area contributed by atoms with Crippen LogP contribution in [0.3, 0.4) is 0 Å². The summed E-state index contributed by atoms with van der Waals surface area (Å²) in [5.74, 6) is -0.102. The molecule has 4 nitrogen and oxygen atoms in total. The smallest absolute Gasteiger partial charge is 0.119 e. The van der Waals surface area contributed by atoms with E-state index in [2.05, 4.69) is 5.32 Å². The Morgan fingerprint density at radius 2 is 1.62 bits per heavy atom. The molecule has 1 aromatic carbocycles. The fraction of sp³-hybridized carbons (Fsp3) is 0.500. The lowest BCUT2D eigenvalue weighted by molar-refractivity contribution is 0.162. The van der Waals surface area contributed by atoms with Gasteiger partial charge in [-0.3, -0.25) is 0 Å². The Hall–Kier alpha value is -1.26. The summed E-state index contributed by atoms with van der Waals surface area (Å²) in [7, 11) is 0. The largest absolute Gasteiger partial charge is 0.508 e. The molecular formula is C12H19NO3. The number of nitrogens with one attached hydrogen (secondary N) is 1. The first-order chi connectivity index (χ1) is 7.28. The lowest BCUT2D eigenvalue weighted by atomic mass is 10.1. The molecule has 0 aliphatic heterocycles. The quantitative estimate of drug-likeness (QED) is 0.629. The first-order valence-corrected chi connectivity index (χ1v) is 5.24. The van der Waals surface area contributed by atoms with E-state index in [0.717, 1.165) is 0 Å². The van der Waals surface area contributed by atoms with Gasteiger partial charge in [0.05, 0.1) is 6.10 Å². The van der Waals surface area contributed by atoms with Gasteiger partial charge in [-0.1, -0.05) is 0 Å². The Morgan fingerprint density at radius 3 is 2.06 bits per heavy atom. The maximum Gasteiger partial charge on any atom is 0.119 e. The maximum absolute atomic E-state index is 9.85. The van der Waals surface area contributed by atoms with Gasteiger partial charge in [0.15, 0.2) is 0 Å². The molecule has 0 bridgehead atoms. The Bertz CT molecular complexity index is 338. The van der Waals surface area contributed by atoms with Crippen LogP contribution in [0, 0.1) is 0 Å². The highest BCUT2D eigenvalue weighted by atomic mass is 16.3. The minimum absolute atomic E-state index is 0.0511. The molecule has 1 atom stereocenters. The Labute approximate surface area is 95.6 Å². The van der Waals surface area contributed by atoms with E-state index in [9.17, 15) is 15.3 Å². The van der Waals surface area contributed by atoms with Crippen LogP contribution in [0.5, 0.6) is 11.5 Å². The van der Waals surface area contributed by atoms with Gasteiger partial charge in [-0.25, -0.2) is 0 Å². The summed E-state index contributed by atoms with van der Waals surface area (Å²) in [5.41, 5.74) is 0.411. The average molecular weight is 225 g/mol. The second kappa shape index (κ2) is 4.72. The molecule has 16 heavy (non-hydrogen) atoms. The van der Waals surface area contributed by atoms with E-state index in [-0.39, 0.29) is 17.0 Å². The first kappa shape index (κ1) is 12.8. The Morgan fingerprint density at radius 1 is 1.12 bits per heavy atom. The SMILES string of the molecule is CC(C)(C)NC[C@@H](O)c1cc(O)cc(O)c1. The minimum Gasteiger partial charge on any atom is -0.508 e. The molecule has 4 heteroatoms. The molecule has 0 aromatic heterocycles. The highest BCUT2D eigenvalue weighted by Gasteiger charge is 2.14. The van der Waals surface area contributed by atoms with Crippen LogP contribution >= 0.6 is 0 Å². The summed E-state index contributed by atoms with van der Waals surface area (Å²) < 4.78 is 0. The van der Waals surface area contributed by atoms with Crippen molar-refractivity contribution in [3.05, 3.63) is 23.8 Å². The van der Waals surface area contributed by atoms with E-state index >= 15 is 0 Å². The molecule has 0 fully saturated rings. The van der Waals surface area contributed by atoms with E-state index in [1.165, 1.54) is 18.2 Å². The van der Waals surface area contributed by atoms with Crippen molar-refractivity contribution in [1.29, 1.82) is 0 Å². The van der Waals surface area contributed by atoms with Crippen molar-refractivity contribution in [1.82, 2.24) is 5.32 Å². The fourth-order valence-electron chi connectivity index (χ4n) is 1.33. The minimum atomic E-state index is -0.753. The molecule has 0 heterocycles. The standard InChI is InChI=1S/C12H19NO3/c1-12(2,3)13-7-11(16)8-4-9(14)6-10(15)5-8/h4-6,11,13-16H,7H2,1-3H3/t11-/m1/s1. The van der Waals surface area contributed by atoms with Crippen molar-refractivity contribution in [3.8, 4) is 11.5 Å². The molecule has 90 valence electrons. The van der Waals surface area contributed by atoms with Gasteiger partial charge in [0, 0.05) is 18.2 Å². The first-order valence-electron chi connectivity index (χ1n) is 5.24. The van der Waals surface area contributed by atoms with Gasteiger partial charge >= 0.3 is 0 Å².